The standard InChI is InChI=1S/C16H23NO5/c1-11(2)9-16(3,21-4)15(20)17-12-5-7-13(8-6-12)22-10-14(18)19/h5-8,11H,9-10H2,1-4H3,(H,17,20)(H,18,19)/t16-/m1/s1. The molecule has 22 heavy (non-hydrogen) atoms. The van der Waals surface area contributed by atoms with Crippen molar-refractivity contribution in [1.82, 2.24) is 0 Å². The van der Waals surface area contributed by atoms with Gasteiger partial charge in [0.25, 0.3) is 5.91 Å². The maximum atomic E-state index is 12.4. The fraction of sp³-hybridized carbons (Fsp3) is 0.500. The zero-order valence-corrected chi connectivity index (χ0v) is 13.4. The molecule has 0 saturated carbocycles. The number of aliphatic carboxylic acids is 1. The van der Waals surface area contributed by atoms with E-state index in [1.54, 1.807) is 31.2 Å². The Morgan fingerprint density at radius 2 is 1.86 bits per heavy atom. The molecular formula is C16H23NO5. The number of carbonyl (C=O) groups is 2. The van der Waals surface area contributed by atoms with Crippen LogP contribution in [-0.4, -0.2) is 36.3 Å². The third-order valence-corrected chi connectivity index (χ3v) is 3.20. The Balaban J connectivity index is 2.69. The average molecular weight is 309 g/mol. The summed E-state index contributed by atoms with van der Waals surface area (Å²) in [5.74, 6) is -0.510. The predicted octanol–water partition coefficient (Wildman–Crippen LogP) is 2.54. The molecule has 0 spiro atoms. The van der Waals surface area contributed by atoms with E-state index in [-0.39, 0.29) is 5.91 Å². The van der Waals surface area contributed by atoms with Gasteiger partial charge in [0.15, 0.2) is 6.61 Å². The number of methoxy groups -OCH3 is 1. The molecule has 0 heterocycles. The summed E-state index contributed by atoms with van der Waals surface area (Å²) in [5, 5.41) is 11.3. The van der Waals surface area contributed by atoms with Crippen molar-refractivity contribution in [3.05, 3.63) is 24.3 Å². The Morgan fingerprint density at radius 1 is 1.27 bits per heavy atom. The molecule has 0 unspecified atom stereocenters. The normalized spacial score (nSPS) is 13.5. The number of hydrogen-bond donors (Lipinski definition) is 2. The van der Waals surface area contributed by atoms with Crippen molar-refractivity contribution in [3.8, 4) is 5.75 Å². The molecule has 0 aromatic heterocycles. The van der Waals surface area contributed by atoms with Gasteiger partial charge < -0.3 is 19.9 Å². The van der Waals surface area contributed by atoms with E-state index in [4.69, 9.17) is 14.6 Å². The third-order valence-electron chi connectivity index (χ3n) is 3.20. The van der Waals surface area contributed by atoms with Gasteiger partial charge in [0, 0.05) is 12.8 Å². The Bertz CT molecular complexity index is 512. The summed E-state index contributed by atoms with van der Waals surface area (Å²) in [6, 6.07) is 6.51. The molecule has 0 bridgehead atoms. The van der Waals surface area contributed by atoms with E-state index >= 15 is 0 Å². The van der Waals surface area contributed by atoms with Crippen LogP contribution in [0.25, 0.3) is 0 Å². The van der Waals surface area contributed by atoms with Crippen LogP contribution in [-0.2, 0) is 14.3 Å². The number of carboxylic acids is 1. The maximum Gasteiger partial charge on any atom is 0.341 e. The zero-order valence-electron chi connectivity index (χ0n) is 13.4. The summed E-state index contributed by atoms with van der Waals surface area (Å²) in [4.78, 5) is 22.8. The molecule has 1 atom stereocenters. The number of hydrogen-bond acceptors (Lipinski definition) is 4. The van der Waals surface area contributed by atoms with Gasteiger partial charge in [-0.05, 0) is 43.5 Å². The van der Waals surface area contributed by atoms with Crippen molar-refractivity contribution < 1.29 is 24.2 Å². The highest BCUT2D eigenvalue weighted by Gasteiger charge is 2.33. The van der Waals surface area contributed by atoms with E-state index < -0.39 is 18.2 Å². The first-order valence-corrected chi connectivity index (χ1v) is 7.08. The molecule has 1 aromatic rings. The first kappa shape index (κ1) is 18.0. The fourth-order valence-corrected chi connectivity index (χ4v) is 2.09. The smallest absolute Gasteiger partial charge is 0.341 e. The van der Waals surface area contributed by atoms with Crippen LogP contribution < -0.4 is 10.1 Å². The van der Waals surface area contributed by atoms with Crippen molar-refractivity contribution in [2.45, 2.75) is 32.8 Å². The molecule has 1 aromatic carbocycles. The van der Waals surface area contributed by atoms with Gasteiger partial charge in [0.05, 0.1) is 0 Å². The molecule has 2 N–H and O–H groups in total. The molecule has 1 amide bonds. The van der Waals surface area contributed by atoms with Gasteiger partial charge in [0.1, 0.15) is 11.4 Å². The predicted molar refractivity (Wildman–Crippen MR) is 83.1 cm³/mol. The van der Waals surface area contributed by atoms with Crippen molar-refractivity contribution in [2.24, 2.45) is 5.92 Å². The molecule has 0 aliphatic heterocycles. The summed E-state index contributed by atoms with van der Waals surface area (Å²) in [7, 11) is 1.52. The lowest BCUT2D eigenvalue weighted by Crippen LogP contribution is -2.43. The van der Waals surface area contributed by atoms with Gasteiger partial charge in [-0.25, -0.2) is 4.79 Å². The van der Waals surface area contributed by atoms with E-state index in [0.717, 1.165) is 0 Å². The lowest BCUT2D eigenvalue weighted by molar-refractivity contribution is -0.139. The number of nitrogens with one attached hydrogen (secondary N) is 1. The average Bonchev–Trinajstić information content (AvgIpc) is 2.45. The van der Waals surface area contributed by atoms with Gasteiger partial charge in [-0.2, -0.15) is 0 Å². The molecule has 1 rings (SSSR count). The molecule has 0 saturated heterocycles. The largest absolute Gasteiger partial charge is 0.482 e. The second-order valence-electron chi connectivity index (χ2n) is 5.69. The van der Waals surface area contributed by atoms with E-state index in [0.29, 0.717) is 23.8 Å². The third kappa shape index (κ3) is 5.37. The van der Waals surface area contributed by atoms with Crippen LogP contribution in [0.15, 0.2) is 24.3 Å². The van der Waals surface area contributed by atoms with Gasteiger partial charge in [-0.1, -0.05) is 13.8 Å². The minimum atomic E-state index is -1.04. The van der Waals surface area contributed by atoms with Crippen LogP contribution in [0.3, 0.4) is 0 Å². The molecule has 0 aliphatic carbocycles. The fourth-order valence-electron chi connectivity index (χ4n) is 2.09. The summed E-state index contributed by atoms with van der Waals surface area (Å²) < 4.78 is 10.4. The summed E-state index contributed by atoms with van der Waals surface area (Å²) in [5.41, 5.74) is -0.299. The number of benzene rings is 1. The molecular weight excluding hydrogens is 286 g/mol. The molecule has 0 fully saturated rings. The van der Waals surface area contributed by atoms with Gasteiger partial charge in [-0.3, -0.25) is 4.79 Å². The molecule has 6 heteroatoms. The number of carboxylic acid groups (broad SMARTS) is 1. The molecule has 0 radical (unpaired) electrons. The van der Waals surface area contributed by atoms with Crippen LogP contribution in [0, 0.1) is 5.92 Å². The minimum Gasteiger partial charge on any atom is -0.482 e. The molecule has 0 aliphatic rings. The minimum absolute atomic E-state index is 0.220. The maximum absolute atomic E-state index is 12.4. The van der Waals surface area contributed by atoms with Gasteiger partial charge >= 0.3 is 5.97 Å². The van der Waals surface area contributed by atoms with Crippen LogP contribution in [0.1, 0.15) is 27.2 Å². The summed E-state index contributed by atoms with van der Waals surface area (Å²) in [6.07, 6.45) is 0.606. The highest BCUT2D eigenvalue weighted by atomic mass is 16.5. The van der Waals surface area contributed by atoms with Crippen LogP contribution in [0.4, 0.5) is 5.69 Å². The summed E-state index contributed by atoms with van der Waals surface area (Å²) in [6.45, 7) is 5.41. The monoisotopic (exact) mass is 309 g/mol. The first-order chi connectivity index (χ1) is 10.3. The Hall–Kier alpha value is -2.08. The van der Waals surface area contributed by atoms with Gasteiger partial charge in [-0.15, -0.1) is 0 Å². The second-order valence-corrected chi connectivity index (χ2v) is 5.69. The van der Waals surface area contributed by atoms with E-state index in [1.165, 1.54) is 7.11 Å². The van der Waals surface area contributed by atoms with Gasteiger partial charge in [0.2, 0.25) is 0 Å². The lowest BCUT2D eigenvalue weighted by Gasteiger charge is -2.28. The van der Waals surface area contributed by atoms with Crippen molar-refractivity contribution in [2.75, 3.05) is 19.0 Å². The van der Waals surface area contributed by atoms with Crippen LogP contribution in [0.2, 0.25) is 0 Å². The van der Waals surface area contributed by atoms with Crippen molar-refractivity contribution in [3.63, 3.8) is 0 Å². The summed E-state index contributed by atoms with van der Waals surface area (Å²) >= 11 is 0. The van der Waals surface area contributed by atoms with E-state index in [2.05, 4.69) is 5.32 Å². The number of carbonyl (C=O) groups excluding carboxylic acids is 1. The lowest BCUT2D eigenvalue weighted by atomic mass is 9.93. The first-order valence-electron chi connectivity index (χ1n) is 7.08. The Labute approximate surface area is 130 Å². The zero-order chi connectivity index (χ0) is 16.8. The number of ether oxygens (including phenoxy) is 2. The Morgan fingerprint density at radius 3 is 2.32 bits per heavy atom. The number of amides is 1. The second kappa shape index (κ2) is 7.79. The Kier molecular flexibility index (Phi) is 6.37. The SMILES string of the molecule is CO[C@](C)(CC(C)C)C(=O)Nc1ccc(OCC(=O)O)cc1. The van der Waals surface area contributed by atoms with Crippen molar-refractivity contribution in [1.29, 1.82) is 0 Å². The topological polar surface area (TPSA) is 84.9 Å². The number of rotatable bonds is 8. The number of anilines is 1. The molecule has 6 nitrogen and oxygen atoms in total. The highest BCUT2D eigenvalue weighted by Crippen LogP contribution is 2.23. The van der Waals surface area contributed by atoms with Crippen LogP contribution in [0.5, 0.6) is 5.75 Å². The van der Waals surface area contributed by atoms with E-state index in [9.17, 15) is 9.59 Å². The highest BCUT2D eigenvalue weighted by molar-refractivity contribution is 5.97. The van der Waals surface area contributed by atoms with Crippen LogP contribution >= 0.6 is 0 Å². The molecule has 122 valence electrons. The quantitative estimate of drug-likeness (QED) is 0.771. The van der Waals surface area contributed by atoms with Crippen molar-refractivity contribution >= 4 is 17.6 Å². The van der Waals surface area contributed by atoms with E-state index in [1.807, 2.05) is 13.8 Å².